The standard InChI is InChI=1S/C28H24N2O7/c1-16-9-17(2)11-21(10-16)30-26(32)22(25(31)29-28(30)35)13-18-7-8-23(24(14-18)36-3)37-15-19-5-4-6-20(12-19)27(33)34/h4-14H,15H2,1-3H3,(H,33,34)(H,29,31,35)/p-1/b22-13+. The Morgan fingerprint density at radius 3 is 2.38 bits per heavy atom. The van der Waals surface area contributed by atoms with Gasteiger partial charge >= 0.3 is 6.03 Å². The summed E-state index contributed by atoms with van der Waals surface area (Å²) < 4.78 is 11.2. The van der Waals surface area contributed by atoms with Crippen molar-refractivity contribution < 1.29 is 33.8 Å². The van der Waals surface area contributed by atoms with Gasteiger partial charge in [-0.1, -0.05) is 30.3 Å². The van der Waals surface area contributed by atoms with E-state index in [1.165, 1.54) is 25.3 Å². The van der Waals surface area contributed by atoms with Crippen molar-refractivity contribution in [2.24, 2.45) is 0 Å². The summed E-state index contributed by atoms with van der Waals surface area (Å²) in [4.78, 5) is 50.2. The molecule has 1 saturated heterocycles. The lowest BCUT2D eigenvalue weighted by molar-refractivity contribution is -0.255. The number of carboxylic acid groups (broad SMARTS) is 1. The summed E-state index contributed by atoms with van der Waals surface area (Å²) >= 11 is 0. The van der Waals surface area contributed by atoms with Crippen LogP contribution in [0.15, 0.2) is 66.2 Å². The van der Waals surface area contributed by atoms with E-state index in [-0.39, 0.29) is 17.7 Å². The molecule has 3 aromatic rings. The van der Waals surface area contributed by atoms with Gasteiger partial charge < -0.3 is 19.4 Å². The van der Waals surface area contributed by atoms with Gasteiger partial charge in [-0.25, -0.2) is 9.69 Å². The van der Waals surface area contributed by atoms with Crippen LogP contribution in [0.25, 0.3) is 6.08 Å². The predicted octanol–water partition coefficient (Wildman–Crippen LogP) is 2.92. The molecule has 0 unspecified atom stereocenters. The number of carbonyl (C=O) groups excluding carboxylic acids is 4. The Morgan fingerprint density at radius 2 is 1.70 bits per heavy atom. The molecule has 0 bridgehead atoms. The van der Waals surface area contributed by atoms with Gasteiger partial charge in [0.05, 0.1) is 18.8 Å². The number of benzene rings is 3. The van der Waals surface area contributed by atoms with Crippen molar-refractivity contribution in [3.8, 4) is 11.5 Å². The van der Waals surface area contributed by atoms with Gasteiger partial charge in [0.1, 0.15) is 12.2 Å². The molecule has 0 atom stereocenters. The maximum Gasteiger partial charge on any atom is 0.335 e. The van der Waals surface area contributed by atoms with Gasteiger partial charge in [-0.15, -0.1) is 0 Å². The van der Waals surface area contributed by atoms with E-state index in [4.69, 9.17) is 9.47 Å². The Labute approximate surface area is 212 Å². The van der Waals surface area contributed by atoms with E-state index < -0.39 is 23.8 Å². The number of anilines is 1. The summed E-state index contributed by atoms with van der Waals surface area (Å²) in [7, 11) is 1.44. The Bertz CT molecular complexity index is 1440. The predicted molar refractivity (Wildman–Crippen MR) is 133 cm³/mol. The number of barbiturate groups is 1. The molecular formula is C28H23N2O7-. The first-order valence-electron chi connectivity index (χ1n) is 11.3. The average molecular weight is 499 g/mol. The lowest BCUT2D eigenvalue weighted by Crippen LogP contribution is -2.54. The summed E-state index contributed by atoms with van der Waals surface area (Å²) in [6, 6.07) is 15.5. The van der Waals surface area contributed by atoms with Crippen molar-refractivity contribution in [1.29, 1.82) is 0 Å². The second kappa shape index (κ2) is 10.4. The molecule has 0 saturated carbocycles. The van der Waals surface area contributed by atoms with Gasteiger partial charge in [0, 0.05) is 0 Å². The Kier molecular flexibility index (Phi) is 7.06. The summed E-state index contributed by atoms with van der Waals surface area (Å²) in [5.41, 5.74) is 3.01. The van der Waals surface area contributed by atoms with Crippen LogP contribution in [0.1, 0.15) is 32.6 Å². The number of hydrogen-bond donors (Lipinski definition) is 1. The minimum Gasteiger partial charge on any atom is -0.545 e. The SMILES string of the molecule is COc1cc(/C=C2\C(=O)NC(=O)N(c3cc(C)cc(C)c3)C2=O)ccc1OCc1cccc(C(=O)[O-])c1. The molecule has 1 N–H and O–H groups in total. The highest BCUT2D eigenvalue weighted by atomic mass is 16.5. The van der Waals surface area contributed by atoms with Crippen molar-refractivity contribution in [3.05, 3.63) is 94.1 Å². The number of aromatic carboxylic acids is 1. The minimum atomic E-state index is -1.28. The van der Waals surface area contributed by atoms with E-state index in [9.17, 15) is 24.3 Å². The number of urea groups is 1. The van der Waals surface area contributed by atoms with Gasteiger partial charge in [0.25, 0.3) is 11.8 Å². The molecule has 37 heavy (non-hydrogen) atoms. The Morgan fingerprint density at radius 1 is 0.973 bits per heavy atom. The molecular weight excluding hydrogens is 476 g/mol. The van der Waals surface area contributed by atoms with Gasteiger partial charge in [0.2, 0.25) is 0 Å². The van der Waals surface area contributed by atoms with E-state index in [0.717, 1.165) is 16.0 Å². The first-order chi connectivity index (χ1) is 17.7. The molecule has 188 valence electrons. The number of carbonyl (C=O) groups is 4. The van der Waals surface area contributed by atoms with Gasteiger partial charge in [-0.2, -0.15) is 0 Å². The summed E-state index contributed by atoms with van der Waals surface area (Å²) in [6.45, 7) is 3.77. The molecule has 4 rings (SSSR count). The Balaban J connectivity index is 1.59. The lowest BCUT2D eigenvalue weighted by atomic mass is 10.0. The lowest BCUT2D eigenvalue weighted by Gasteiger charge is -2.27. The van der Waals surface area contributed by atoms with Crippen molar-refractivity contribution in [3.63, 3.8) is 0 Å². The van der Waals surface area contributed by atoms with E-state index in [2.05, 4.69) is 5.32 Å². The van der Waals surface area contributed by atoms with E-state index >= 15 is 0 Å². The maximum atomic E-state index is 13.2. The van der Waals surface area contributed by atoms with Crippen LogP contribution in [0, 0.1) is 13.8 Å². The summed E-state index contributed by atoms with van der Waals surface area (Å²) in [6.07, 6.45) is 1.37. The number of carboxylic acids is 1. The molecule has 0 aromatic heterocycles. The molecule has 1 fully saturated rings. The van der Waals surface area contributed by atoms with Crippen LogP contribution in [0.4, 0.5) is 10.5 Å². The molecule has 9 nitrogen and oxygen atoms in total. The molecule has 1 aliphatic rings. The molecule has 0 spiro atoms. The van der Waals surface area contributed by atoms with E-state index in [1.807, 2.05) is 19.9 Å². The number of rotatable bonds is 7. The average Bonchev–Trinajstić information content (AvgIpc) is 2.85. The first kappa shape index (κ1) is 25.2. The molecule has 1 aliphatic heterocycles. The van der Waals surface area contributed by atoms with Crippen molar-refractivity contribution in [2.45, 2.75) is 20.5 Å². The number of nitrogens with zero attached hydrogens (tertiary/aromatic N) is 1. The fourth-order valence-corrected chi connectivity index (χ4v) is 3.98. The largest absolute Gasteiger partial charge is 0.545 e. The maximum absolute atomic E-state index is 13.2. The monoisotopic (exact) mass is 499 g/mol. The zero-order chi connectivity index (χ0) is 26.7. The molecule has 9 heteroatoms. The normalized spacial score (nSPS) is 14.5. The number of ether oxygens (including phenoxy) is 2. The number of nitrogens with one attached hydrogen (secondary N) is 1. The molecule has 3 aromatic carbocycles. The minimum absolute atomic E-state index is 0.0406. The van der Waals surface area contributed by atoms with Gasteiger partial charge in [-0.05, 0) is 78.1 Å². The fraction of sp³-hybridized carbons (Fsp3) is 0.143. The van der Waals surface area contributed by atoms with Crippen LogP contribution in [-0.4, -0.2) is 30.9 Å². The number of aryl methyl sites for hydroxylation is 2. The molecule has 0 aliphatic carbocycles. The third-order valence-electron chi connectivity index (χ3n) is 5.62. The zero-order valence-corrected chi connectivity index (χ0v) is 20.4. The molecule has 4 amide bonds. The molecule has 1 heterocycles. The van der Waals surface area contributed by atoms with Crippen molar-refractivity contribution in [2.75, 3.05) is 12.0 Å². The van der Waals surface area contributed by atoms with Gasteiger partial charge in [-0.3, -0.25) is 14.9 Å². The summed E-state index contributed by atoms with van der Waals surface area (Å²) in [5.74, 6) is -2.13. The molecule has 0 radical (unpaired) electrons. The topological polar surface area (TPSA) is 125 Å². The third-order valence-corrected chi connectivity index (χ3v) is 5.62. The highest BCUT2D eigenvalue weighted by Gasteiger charge is 2.37. The highest BCUT2D eigenvalue weighted by molar-refractivity contribution is 6.39. The first-order valence-corrected chi connectivity index (χ1v) is 11.3. The van der Waals surface area contributed by atoms with Crippen molar-refractivity contribution >= 4 is 35.6 Å². The smallest absolute Gasteiger partial charge is 0.335 e. The van der Waals surface area contributed by atoms with Crippen LogP contribution in [-0.2, 0) is 16.2 Å². The van der Waals surface area contributed by atoms with Gasteiger partial charge in [0.15, 0.2) is 11.5 Å². The highest BCUT2D eigenvalue weighted by Crippen LogP contribution is 2.31. The van der Waals surface area contributed by atoms with Crippen molar-refractivity contribution in [1.82, 2.24) is 5.32 Å². The summed E-state index contributed by atoms with van der Waals surface area (Å²) in [5, 5.41) is 13.3. The third kappa shape index (κ3) is 5.51. The van der Waals surface area contributed by atoms with Crippen LogP contribution in [0.2, 0.25) is 0 Å². The van der Waals surface area contributed by atoms with Crippen LogP contribution >= 0.6 is 0 Å². The van der Waals surface area contributed by atoms with E-state index in [0.29, 0.717) is 28.3 Å². The van der Waals surface area contributed by atoms with E-state index in [1.54, 1.807) is 42.5 Å². The number of amides is 4. The Hall–Kier alpha value is -4.92. The number of imide groups is 2. The zero-order valence-electron chi connectivity index (χ0n) is 20.4. The second-order valence-electron chi connectivity index (χ2n) is 8.49. The quantitative estimate of drug-likeness (QED) is 0.391. The number of hydrogen-bond acceptors (Lipinski definition) is 7. The van der Waals surface area contributed by atoms with Crippen LogP contribution in [0.5, 0.6) is 11.5 Å². The number of methoxy groups -OCH3 is 1. The van der Waals surface area contributed by atoms with Crippen LogP contribution < -0.4 is 24.8 Å². The van der Waals surface area contributed by atoms with Crippen LogP contribution in [0.3, 0.4) is 0 Å². The fourth-order valence-electron chi connectivity index (χ4n) is 3.98. The second-order valence-corrected chi connectivity index (χ2v) is 8.49.